The van der Waals surface area contributed by atoms with Crippen molar-refractivity contribution in [1.29, 1.82) is 0 Å². The fourth-order valence-electron chi connectivity index (χ4n) is 2.11. The van der Waals surface area contributed by atoms with Gasteiger partial charge in [-0.1, -0.05) is 29.8 Å². The summed E-state index contributed by atoms with van der Waals surface area (Å²) in [6, 6.07) is 11.1. The predicted molar refractivity (Wildman–Crippen MR) is 89.4 cm³/mol. The zero-order valence-electron chi connectivity index (χ0n) is 13.5. The number of amides is 1. The average molecular weight is 350 g/mol. The Hall–Kier alpha value is -2.25. The summed E-state index contributed by atoms with van der Waals surface area (Å²) in [5, 5.41) is 2.64. The number of hydrogen-bond acceptors (Lipinski definition) is 3. The van der Waals surface area contributed by atoms with Crippen molar-refractivity contribution in [2.75, 3.05) is 6.54 Å². The van der Waals surface area contributed by atoms with Crippen LogP contribution < -0.4 is 10.0 Å². The maximum absolute atomic E-state index is 13.2. The van der Waals surface area contributed by atoms with Crippen LogP contribution in [0.1, 0.15) is 16.7 Å². The zero-order chi connectivity index (χ0) is 17.7. The summed E-state index contributed by atoms with van der Waals surface area (Å²) < 4.78 is 39.6. The molecular weight excluding hydrogens is 331 g/mol. The Morgan fingerprint density at radius 1 is 1.12 bits per heavy atom. The van der Waals surface area contributed by atoms with Gasteiger partial charge in [0.2, 0.25) is 15.9 Å². The van der Waals surface area contributed by atoms with Crippen molar-refractivity contribution in [3.05, 3.63) is 65.0 Å². The second kappa shape index (κ2) is 7.55. The van der Waals surface area contributed by atoms with E-state index < -0.39 is 21.7 Å². The number of nitrogens with one attached hydrogen (secondary N) is 2. The molecule has 0 aromatic heterocycles. The van der Waals surface area contributed by atoms with E-state index in [0.29, 0.717) is 6.54 Å². The highest BCUT2D eigenvalue weighted by atomic mass is 32.2. The molecule has 0 saturated heterocycles. The van der Waals surface area contributed by atoms with Crippen LogP contribution in [0.5, 0.6) is 0 Å². The van der Waals surface area contributed by atoms with Gasteiger partial charge in [-0.05, 0) is 43.2 Å². The van der Waals surface area contributed by atoms with E-state index in [-0.39, 0.29) is 17.0 Å². The largest absolute Gasteiger partial charge is 0.351 e. The summed E-state index contributed by atoms with van der Waals surface area (Å²) in [6.07, 6.45) is 0. The number of rotatable bonds is 6. The van der Waals surface area contributed by atoms with Crippen LogP contribution in [0.3, 0.4) is 0 Å². The normalized spacial score (nSPS) is 11.3. The average Bonchev–Trinajstić information content (AvgIpc) is 2.53. The summed E-state index contributed by atoms with van der Waals surface area (Å²) in [6.45, 7) is 3.36. The van der Waals surface area contributed by atoms with Gasteiger partial charge in [-0.2, -0.15) is 0 Å². The summed E-state index contributed by atoms with van der Waals surface area (Å²) >= 11 is 0. The number of hydrogen-bond donors (Lipinski definition) is 2. The molecular formula is C17H19FN2O3S. The van der Waals surface area contributed by atoms with E-state index in [2.05, 4.69) is 10.0 Å². The molecule has 2 aromatic carbocycles. The van der Waals surface area contributed by atoms with Crippen molar-refractivity contribution >= 4 is 15.9 Å². The number of benzene rings is 2. The van der Waals surface area contributed by atoms with E-state index in [1.165, 1.54) is 13.0 Å². The minimum atomic E-state index is -3.86. The smallest absolute Gasteiger partial charge is 0.241 e. The molecule has 2 rings (SSSR count). The Kier molecular flexibility index (Phi) is 5.69. The van der Waals surface area contributed by atoms with Crippen molar-refractivity contribution in [2.45, 2.75) is 25.3 Å². The monoisotopic (exact) mass is 350 g/mol. The van der Waals surface area contributed by atoms with Gasteiger partial charge in [0.15, 0.2) is 0 Å². The third kappa shape index (κ3) is 4.87. The summed E-state index contributed by atoms with van der Waals surface area (Å²) in [7, 11) is -3.86. The molecule has 5 nitrogen and oxygen atoms in total. The van der Waals surface area contributed by atoms with Crippen LogP contribution in [0, 0.1) is 19.7 Å². The van der Waals surface area contributed by atoms with Gasteiger partial charge >= 0.3 is 0 Å². The van der Waals surface area contributed by atoms with Gasteiger partial charge in [0, 0.05) is 6.54 Å². The molecule has 128 valence electrons. The molecule has 0 unspecified atom stereocenters. The molecule has 0 aliphatic rings. The van der Waals surface area contributed by atoms with Crippen LogP contribution in [0.4, 0.5) is 4.39 Å². The minimum Gasteiger partial charge on any atom is -0.351 e. The summed E-state index contributed by atoms with van der Waals surface area (Å²) in [5.41, 5.74) is 2.23. The van der Waals surface area contributed by atoms with Gasteiger partial charge in [-0.25, -0.2) is 17.5 Å². The van der Waals surface area contributed by atoms with Crippen LogP contribution in [0.15, 0.2) is 47.4 Å². The quantitative estimate of drug-likeness (QED) is 0.837. The lowest BCUT2D eigenvalue weighted by molar-refractivity contribution is -0.120. The number of carbonyl (C=O) groups is 1. The second-order valence-electron chi connectivity index (χ2n) is 5.50. The zero-order valence-corrected chi connectivity index (χ0v) is 14.3. The highest BCUT2D eigenvalue weighted by Crippen LogP contribution is 2.13. The topological polar surface area (TPSA) is 75.3 Å². The molecule has 0 aliphatic carbocycles. The van der Waals surface area contributed by atoms with Crippen molar-refractivity contribution in [1.82, 2.24) is 10.0 Å². The molecule has 0 radical (unpaired) electrons. The predicted octanol–water partition coefficient (Wildman–Crippen LogP) is 2.04. The third-order valence-electron chi connectivity index (χ3n) is 3.43. The first-order valence-electron chi connectivity index (χ1n) is 7.36. The van der Waals surface area contributed by atoms with Gasteiger partial charge in [-0.15, -0.1) is 0 Å². The van der Waals surface area contributed by atoms with Gasteiger partial charge in [0.05, 0.1) is 11.4 Å². The summed E-state index contributed by atoms with van der Waals surface area (Å²) in [5.74, 6) is -0.927. The lowest BCUT2D eigenvalue weighted by Crippen LogP contribution is -2.36. The first kappa shape index (κ1) is 18.1. The maximum atomic E-state index is 13.2. The molecule has 24 heavy (non-hydrogen) atoms. The lowest BCUT2D eigenvalue weighted by Gasteiger charge is -2.09. The molecule has 0 atom stereocenters. The molecule has 0 heterocycles. The molecule has 0 saturated carbocycles. The Morgan fingerprint density at radius 2 is 1.88 bits per heavy atom. The Bertz CT molecular complexity index is 851. The van der Waals surface area contributed by atoms with Crippen LogP contribution in [0.25, 0.3) is 0 Å². The molecule has 7 heteroatoms. The van der Waals surface area contributed by atoms with Crippen molar-refractivity contribution < 1.29 is 17.6 Å². The van der Waals surface area contributed by atoms with E-state index in [1.807, 2.05) is 31.2 Å². The molecule has 2 aromatic rings. The van der Waals surface area contributed by atoms with Crippen LogP contribution in [-0.2, 0) is 21.4 Å². The van der Waals surface area contributed by atoms with Crippen molar-refractivity contribution in [3.63, 3.8) is 0 Å². The molecule has 0 spiro atoms. The van der Waals surface area contributed by atoms with Crippen LogP contribution >= 0.6 is 0 Å². The van der Waals surface area contributed by atoms with Crippen LogP contribution in [-0.4, -0.2) is 20.9 Å². The highest BCUT2D eigenvalue weighted by molar-refractivity contribution is 7.89. The third-order valence-corrected chi connectivity index (χ3v) is 4.83. The summed E-state index contributed by atoms with van der Waals surface area (Å²) in [4.78, 5) is 11.7. The van der Waals surface area contributed by atoms with Crippen molar-refractivity contribution in [2.24, 2.45) is 0 Å². The molecule has 1 amide bonds. The van der Waals surface area contributed by atoms with Gasteiger partial charge in [0.1, 0.15) is 5.82 Å². The lowest BCUT2D eigenvalue weighted by atomic mass is 10.1. The molecule has 0 bridgehead atoms. The first-order valence-corrected chi connectivity index (χ1v) is 8.84. The fourth-order valence-corrected chi connectivity index (χ4v) is 3.18. The van der Waals surface area contributed by atoms with Gasteiger partial charge in [0.25, 0.3) is 0 Å². The van der Waals surface area contributed by atoms with Gasteiger partial charge in [-0.3, -0.25) is 4.79 Å². The van der Waals surface area contributed by atoms with Crippen LogP contribution in [0.2, 0.25) is 0 Å². The number of carbonyl (C=O) groups excluding carboxylic acids is 1. The maximum Gasteiger partial charge on any atom is 0.241 e. The minimum absolute atomic E-state index is 0.0760. The fraction of sp³-hybridized carbons (Fsp3) is 0.235. The standard InChI is InChI=1S/C17H19FN2O3S/c1-12-4-3-5-14(8-12)10-19-17(21)11-20-24(22,23)15-6-7-16(18)13(2)9-15/h3-9,20H,10-11H2,1-2H3,(H,19,21). The van der Waals surface area contributed by atoms with E-state index in [1.54, 1.807) is 0 Å². The Morgan fingerprint density at radius 3 is 2.54 bits per heavy atom. The SMILES string of the molecule is Cc1cccc(CNC(=O)CNS(=O)(=O)c2ccc(F)c(C)c2)c1. The number of halogens is 1. The van der Waals surface area contributed by atoms with Gasteiger partial charge < -0.3 is 5.32 Å². The van der Waals surface area contributed by atoms with E-state index in [0.717, 1.165) is 23.3 Å². The first-order chi connectivity index (χ1) is 11.3. The van der Waals surface area contributed by atoms with E-state index in [9.17, 15) is 17.6 Å². The highest BCUT2D eigenvalue weighted by Gasteiger charge is 2.16. The van der Waals surface area contributed by atoms with E-state index in [4.69, 9.17) is 0 Å². The second-order valence-corrected chi connectivity index (χ2v) is 7.27. The Balaban J connectivity index is 1.91. The van der Waals surface area contributed by atoms with Crippen molar-refractivity contribution in [3.8, 4) is 0 Å². The number of sulfonamides is 1. The molecule has 0 fully saturated rings. The Labute approximate surface area is 141 Å². The number of aryl methyl sites for hydroxylation is 2. The molecule has 2 N–H and O–H groups in total. The van der Waals surface area contributed by atoms with E-state index >= 15 is 0 Å². The molecule has 0 aliphatic heterocycles.